The Bertz CT molecular complexity index is 885. The molecule has 2 atom stereocenters. The highest BCUT2D eigenvalue weighted by molar-refractivity contribution is 7.91. The number of piperazine rings is 1. The van der Waals surface area contributed by atoms with Crippen molar-refractivity contribution in [3.8, 4) is 11.5 Å². The van der Waals surface area contributed by atoms with Crippen LogP contribution in [0.15, 0.2) is 54.6 Å². The first-order valence-electron chi connectivity index (χ1n) is 9.54. The second-order valence-electron chi connectivity index (χ2n) is 7.37. The molecule has 0 bridgehead atoms. The fraction of sp³-hybridized carbons (Fsp3) is 0.429. The SMILES string of the molecule is CCN1CCN(Cc2cccc(Oc3ccccc3)c2)[C@H]2CS(=O)(=O)C[C@H]21. The van der Waals surface area contributed by atoms with Crippen LogP contribution in [0.3, 0.4) is 0 Å². The third-order valence-electron chi connectivity index (χ3n) is 5.58. The lowest BCUT2D eigenvalue weighted by atomic mass is 10.0. The van der Waals surface area contributed by atoms with Gasteiger partial charge in [0.05, 0.1) is 11.5 Å². The largest absolute Gasteiger partial charge is 0.457 e. The van der Waals surface area contributed by atoms with E-state index in [-0.39, 0.29) is 17.8 Å². The molecule has 27 heavy (non-hydrogen) atoms. The number of sulfone groups is 1. The lowest BCUT2D eigenvalue weighted by Gasteiger charge is -2.43. The minimum atomic E-state index is -2.95. The molecular formula is C21H26N2O3S. The Kier molecular flexibility index (Phi) is 5.21. The first-order chi connectivity index (χ1) is 13.0. The predicted molar refractivity (Wildman–Crippen MR) is 107 cm³/mol. The third kappa shape index (κ3) is 4.18. The van der Waals surface area contributed by atoms with Crippen molar-refractivity contribution in [1.29, 1.82) is 0 Å². The predicted octanol–water partition coefficient (Wildman–Crippen LogP) is 2.78. The fourth-order valence-electron chi connectivity index (χ4n) is 4.25. The second-order valence-corrected chi connectivity index (χ2v) is 9.53. The zero-order valence-electron chi connectivity index (χ0n) is 15.6. The molecule has 6 heteroatoms. The number of fused-ring (bicyclic) bond motifs is 1. The Morgan fingerprint density at radius 3 is 2.33 bits per heavy atom. The second kappa shape index (κ2) is 7.62. The number of para-hydroxylation sites is 1. The summed E-state index contributed by atoms with van der Waals surface area (Å²) in [5.41, 5.74) is 1.15. The van der Waals surface area contributed by atoms with Crippen LogP contribution in [-0.4, -0.2) is 61.4 Å². The molecule has 2 aliphatic heterocycles. The average molecular weight is 387 g/mol. The monoisotopic (exact) mass is 386 g/mol. The van der Waals surface area contributed by atoms with Gasteiger partial charge >= 0.3 is 0 Å². The molecule has 2 fully saturated rings. The number of rotatable bonds is 5. The van der Waals surface area contributed by atoms with Crippen molar-refractivity contribution in [3.63, 3.8) is 0 Å². The normalized spacial score (nSPS) is 25.2. The smallest absolute Gasteiger partial charge is 0.153 e. The van der Waals surface area contributed by atoms with E-state index in [0.717, 1.165) is 43.2 Å². The topological polar surface area (TPSA) is 49.9 Å². The number of hydrogen-bond donors (Lipinski definition) is 0. The highest BCUT2D eigenvalue weighted by atomic mass is 32.2. The molecule has 2 heterocycles. The van der Waals surface area contributed by atoms with Crippen molar-refractivity contribution in [2.75, 3.05) is 31.1 Å². The number of nitrogens with zero attached hydrogens (tertiary/aromatic N) is 2. The molecular weight excluding hydrogens is 360 g/mol. The summed E-state index contributed by atoms with van der Waals surface area (Å²) in [6.45, 7) is 5.59. The molecule has 0 unspecified atom stereocenters. The summed E-state index contributed by atoms with van der Waals surface area (Å²) in [6, 6.07) is 18.0. The summed E-state index contributed by atoms with van der Waals surface area (Å²) in [7, 11) is -2.95. The van der Waals surface area contributed by atoms with E-state index in [1.807, 2.05) is 42.5 Å². The van der Waals surface area contributed by atoms with Crippen molar-refractivity contribution in [1.82, 2.24) is 9.80 Å². The quantitative estimate of drug-likeness (QED) is 0.791. The van der Waals surface area contributed by atoms with Crippen molar-refractivity contribution in [2.24, 2.45) is 0 Å². The van der Waals surface area contributed by atoms with Gasteiger partial charge in [-0.25, -0.2) is 8.42 Å². The van der Waals surface area contributed by atoms with Gasteiger partial charge in [-0.2, -0.15) is 0 Å². The first-order valence-corrected chi connectivity index (χ1v) is 11.4. The van der Waals surface area contributed by atoms with Crippen LogP contribution in [-0.2, 0) is 16.4 Å². The summed E-state index contributed by atoms with van der Waals surface area (Å²) < 4.78 is 30.4. The molecule has 0 N–H and O–H groups in total. The van der Waals surface area contributed by atoms with Gasteiger partial charge in [0.25, 0.3) is 0 Å². The molecule has 0 radical (unpaired) electrons. The molecule has 5 nitrogen and oxygen atoms in total. The zero-order chi connectivity index (χ0) is 18.9. The van der Waals surface area contributed by atoms with E-state index in [1.165, 1.54) is 0 Å². The summed E-state index contributed by atoms with van der Waals surface area (Å²) >= 11 is 0. The molecule has 0 saturated carbocycles. The highest BCUT2D eigenvalue weighted by Crippen LogP contribution is 2.29. The summed E-state index contributed by atoms with van der Waals surface area (Å²) in [5, 5.41) is 0. The Morgan fingerprint density at radius 1 is 0.926 bits per heavy atom. The van der Waals surface area contributed by atoms with Crippen LogP contribution < -0.4 is 4.74 Å². The van der Waals surface area contributed by atoms with E-state index in [9.17, 15) is 8.42 Å². The van der Waals surface area contributed by atoms with E-state index in [1.54, 1.807) is 0 Å². The van der Waals surface area contributed by atoms with Crippen LogP contribution in [0.25, 0.3) is 0 Å². The van der Waals surface area contributed by atoms with Gasteiger partial charge in [0.2, 0.25) is 0 Å². The van der Waals surface area contributed by atoms with Gasteiger partial charge in [-0.1, -0.05) is 37.3 Å². The Hall–Kier alpha value is -1.89. The van der Waals surface area contributed by atoms with E-state index in [0.29, 0.717) is 5.75 Å². The van der Waals surface area contributed by atoms with Crippen molar-refractivity contribution < 1.29 is 13.2 Å². The number of likely N-dealkylation sites (N-methyl/N-ethyl adjacent to an activating group) is 1. The van der Waals surface area contributed by atoms with Gasteiger partial charge < -0.3 is 4.74 Å². The Labute approximate surface area is 161 Å². The van der Waals surface area contributed by atoms with E-state index >= 15 is 0 Å². The number of benzene rings is 2. The Morgan fingerprint density at radius 2 is 1.59 bits per heavy atom. The van der Waals surface area contributed by atoms with Gasteiger partial charge in [0.1, 0.15) is 11.5 Å². The molecule has 0 aromatic heterocycles. The van der Waals surface area contributed by atoms with Crippen LogP contribution >= 0.6 is 0 Å². The van der Waals surface area contributed by atoms with Crippen LogP contribution in [0.1, 0.15) is 12.5 Å². The Balaban J connectivity index is 1.49. The number of hydrogen-bond acceptors (Lipinski definition) is 5. The maximum Gasteiger partial charge on any atom is 0.153 e. The van der Waals surface area contributed by atoms with E-state index in [4.69, 9.17) is 4.74 Å². The highest BCUT2D eigenvalue weighted by Gasteiger charge is 2.45. The molecule has 2 saturated heterocycles. The zero-order valence-corrected chi connectivity index (χ0v) is 16.4. The molecule has 0 amide bonds. The summed E-state index contributed by atoms with van der Waals surface area (Å²) in [6.07, 6.45) is 0. The van der Waals surface area contributed by atoms with Crippen molar-refractivity contribution in [2.45, 2.75) is 25.6 Å². The third-order valence-corrected chi connectivity index (χ3v) is 7.27. The van der Waals surface area contributed by atoms with Crippen LogP contribution in [0.5, 0.6) is 11.5 Å². The summed E-state index contributed by atoms with van der Waals surface area (Å²) in [5.74, 6) is 2.18. The fourth-order valence-corrected chi connectivity index (χ4v) is 6.29. The van der Waals surface area contributed by atoms with Gasteiger partial charge in [-0.05, 0) is 36.4 Å². The lowest BCUT2D eigenvalue weighted by Crippen LogP contribution is -2.58. The molecule has 2 aromatic rings. The number of ether oxygens (including phenoxy) is 1. The standard InChI is InChI=1S/C21H26N2O3S/c1-2-22-11-12-23(21-16-27(24,25)15-20(21)22)14-17-7-6-10-19(13-17)26-18-8-4-3-5-9-18/h3-10,13,20-21H,2,11-12,14-16H2,1H3/t20-,21+/m1/s1. The summed E-state index contributed by atoms with van der Waals surface area (Å²) in [4.78, 5) is 4.66. The van der Waals surface area contributed by atoms with Crippen molar-refractivity contribution >= 4 is 9.84 Å². The minimum absolute atomic E-state index is 0.0856. The average Bonchev–Trinajstić information content (AvgIpc) is 2.99. The molecule has 4 rings (SSSR count). The molecule has 2 aromatic carbocycles. The van der Waals surface area contributed by atoms with Gasteiger partial charge in [-0.3, -0.25) is 9.80 Å². The lowest BCUT2D eigenvalue weighted by molar-refractivity contribution is 0.0439. The van der Waals surface area contributed by atoms with Gasteiger partial charge in [0.15, 0.2) is 9.84 Å². The van der Waals surface area contributed by atoms with Gasteiger partial charge in [-0.15, -0.1) is 0 Å². The van der Waals surface area contributed by atoms with Gasteiger partial charge in [0, 0.05) is 31.7 Å². The maximum atomic E-state index is 12.2. The molecule has 2 aliphatic rings. The minimum Gasteiger partial charge on any atom is -0.457 e. The maximum absolute atomic E-state index is 12.2. The van der Waals surface area contributed by atoms with Crippen LogP contribution in [0, 0.1) is 0 Å². The van der Waals surface area contributed by atoms with E-state index < -0.39 is 9.84 Å². The molecule has 0 aliphatic carbocycles. The van der Waals surface area contributed by atoms with Crippen LogP contribution in [0.2, 0.25) is 0 Å². The molecule has 0 spiro atoms. The first kappa shape index (κ1) is 18.5. The molecule has 144 valence electrons. The van der Waals surface area contributed by atoms with E-state index in [2.05, 4.69) is 28.9 Å². The van der Waals surface area contributed by atoms with Crippen molar-refractivity contribution in [3.05, 3.63) is 60.2 Å². The van der Waals surface area contributed by atoms with Crippen LogP contribution in [0.4, 0.5) is 0 Å².